The van der Waals surface area contributed by atoms with Crippen LogP contribution in [0, 0.1) is 5.82 Å². The van der Waals surface area contributed by atoms with E-state index in [0.29, 0.717) is 6.54 Å². The van der Waals surface area contributed by atoms with Crippen molar-refractivity contribution in [3.05, 3.63) is 59.4 Å². The van der Waals surface area contributed by atoms with Crippen LogP contribution in [0.1, 0.15) is 15.9 Å². The van der Waals surface area contributed by atoms with Crippen LogP contribution in [0.2, 0.25) is 0 Å². The second-order valence-electron chi connectivity index (χ2n) is 4.49. The number of phenols is 2. The number of benzene rings is 2. The molecule has 0 saturated carbocycles. The molecule has 2 N–H and O–H groups in total. The monoisotopic (exact) mass is 275 g/mol. The Hall–Kier alpha value is -2.56. The minimum atomic E-state index is -0.342. The first-order chi connectivity index (χ1) is 9.47. The first kappa shape index (κ1) is 13.9. The summed E-state index contributed by atoms with van der Waals surface area (Å²) in [6, 6.07) is 9.77. The molecule has 0 aliphatic heterocycles. The number of rotatable bonds is 3. The van der Waals surface area contributed by atoms with Gasteiger partial charge in [-0.2, -0.15) is 0 Å². The number of amides is 1. The van der Waals surface area contributed by atoms with Crippen LogP contribution in [-0.4, -0.2) is 28.1 Å². The average molecular weight is 275 g/mol. The molecular weight excluding hydrogens is 261 g/mol. The second-order valence-corrected chi connectivity index (χ2v) is 4.49. The topological polar surface area (TPSA) is 60.8 Å². The van der Waals surface area contributed by atoms with E-state index in [4.69, 9.17) is 0 Å². The zero-order chi connectivity index (χ0) is 14.7. The molecule has 2 rings (SSSR count). The summed E-state index contributed by atoms with van der Waals surface area (Å²) in [5.74, 6) is -1.25. The molecule has 0 aromatic heterocycles. The van der Waals surface area contributed by atoms with Crippen LogP contribution >= 0.6 is 0 Å². The molecule has 1 amide bonds. The highest BCUT2D eigenvalue weighted by atomic mass is 19.1. The molecular formula is C15H14FNO3. The van der Waals surface area contributed by atoms with Crippen LogP contribution in [-0.2, 0) is 6.54 Å². The zero-order valence-electron chi connectivity index (χ0n) is 10.9. The lowest BCUT2D eigenvalue weighted by Gasteiger charge is -2.17. The zero-order valence-corrected chi connectivity index (χ0v) is 10.9. The molecule has 0 fully saturated rings. The Kier molecular flexibility index (Phi) is 3.89. The van der Waals surface area contributed by atoms with Crippen LogP contribution in [0.25, 0.3) is 0 Å². The Balaban J connectivity index is 2.11. The van der Waals surface area contributed by atoms with Crippen molar-refractivity contribution in [2.24, 2.45) is 0 Å². The molecule has 0 aliphatic rings. The summed E-state index contributed by atoms with van der Waals surface area (Å²) >= 11 is 0. The van der Waals surface area contributed by atoms with Gasteiger partial charge in [-0.3, -0.25) is 4.79 Å². The summed E-state index contributed by atoms with van der Waals surface area (Å²) in [6.07, 6.45) is 0. The maximum atomic E-state index is 12.8. The maximum Gasteiger partial charge on any atom is 0.254 e. The second kappa shape index (κ2) is 5.61. The Labute approximate surface area is 115 Å². The third-order valence-corrected chi connectivity index (χ3v) is 2.90. The third kappa shape index (κ3) is 3.06. The molecule has 0 radical (unpaired) electrons. The first-order valence-electron chi connectivity index (χ1n) is 5.99. The first-order valence-corrected chi connectivity index (χ1v) is 5.99. The quantitative estimate of drug-likeness (QED) is 0.846. The number of aromatic hydroxyl groups is 2. The number of hydrogen-bond acceptors (Lipinski definition) is 3. The highest BCUT2D eigenvalue weighted by Gasteiger charge is 2.13. The lowest BCUT2D eigenvalue weighted by atomic mass is 10.1. The Morgan fingerprint density at radius 2 is 1.75 bits per heavy atom. The van der Waals surface area contributed by atoms with E-state index in [2.05, 4.69) is 0 Å². The molecule has 0 saturated heterocycles. The summed E-state index contributed by atoms with van der Waals surface area (Å²) in [6.45, 7) is 0.320. The Morgan fingerprint density at radius 3 is 2.35 bits per heavy atom. The smallest absolute Gasteiger partial charge is 0.254 e. The lowest BCUT2D eigenvalue weighted by Crippen LogP contribution is -2.26. The minimum Gasteiger partial charge on any atom is -0.504 e. The van der Waals surface area contributed by atoms with Gasteiger partial charge in [0.1, 0.15) is 5.82 Å². The van der Waals surface area contributed by atoms with E-state index in [-0.39, 0.29) is 28.8 Å². The van der Waals surface area contributed by atoms with Crippen molar-refractivity contribution in [1.82, 2.24) is 4.90 Å². The molecule has 104 valence electrons. The number of nitrogens with zero attached hydrogens (tertiary/aromatic N) is 1. The van der Waals surface area contributed by atoms with Gasteiger partial charge in [-0.25, -0.2) is 4.39 Å². The summed E-state index contributed by atoms with van der Waals surface area (Å²) < 4.78 is 12.8. The molecule has 0 aliphatic carbocycles. The molecule has 2 aromatic rings. The van der Waals surface area contributed by atoms with Gasteiger partial charge in [0.2, 0.25) is 0 Å². The van der Waals surface area contributed by atoms with E-state index in [0.717, 1.165) is 5.56 Å². The largest absolute Gasteiger partial charge is 0.504 e. The van der Waals surface area contributed by atoms with Gasteiger partial charge in [0.05, 0.1) is 0 Å². The average Bonchev–Trinajstić information content (AvgIpc) is 2.43. The van der Waals surface area contributed by atoms with Crippen molar-refractivity contribution in [1.29, 1.82) is 0 Å². The molecule has 4 nitrogen and oxygen atoms in total. The van der Waals surface area contributed by atoms with Gasteiger partial charge in [0.15, 0.2) is 11.5 Å². The molecule has 5 heteroatoms. The van der Waals surface area contributed by atoms with Gasteiger partial charge in [0, 0.05) is 19.2 Å². The van der Waals surface area contributed by atoms with E-state index in [1.165, 1.54) is 35.2 Å². The van der Waals surface area contributed by atoms with Gasteiger partial charge in [-0.1, -0.05) is 12.1 Å². The van der Waals surface area contributed by atoms with Crippen LogP contribution < -0.4 is 0 Å². The molecule has 0 unspecified atom stereocenters. The summed E-state index contributed by atoms with van der Waals surface area (Å²) in [7, 11) is 1.61. The van der Waals surface area contributed by atoms with E-state index >= 15 is 0 Å². The van der Waals surface area contributed by atoms with E-state index in [1.54, 1.807) is 19.2 Å². The standard InChI is InChI=1S/C15H14FNO3/c1-17(9-10-2-5-12(16)6-3-10)15(20)11-4-7-13(18)14(19)8-11/h2-8,18-19H,9H2,1H3. The number of hydrogen-bond donors (Lipinski definition) is 2. The van der Waals surface area contributed by atoms with Crippen LogP contribution in [0.3, 0.4) is 0 Å². The number of phenolic OH excluding ortho intramolecular Hbond substituents is 2. The summed E-state index contributed by atoms with van der Waals surface area (Å²) in [4.78, 5) is 13.6. The number of halogens is 1. The fourth-order valence-electron chi connectivity index (χ4n) is 1.81. The van der Waals surface area contributed by atoms with E-state index < -0.39 is 0 Å². The Bertz CT molecular complexity index is 626. The SMILES string of the molecule is CN(Cc1ccc(F)cc1)C(=O)c1ccc(O)c(O)c1. The van der Waals surface area contributed by atoms with Crippen molar-refractivity contribution >= 4 is 5.91 Å². The lowest BCUT2D eigenvalue weighted by molar-refractivity contribution is 0.0784. The fraction of sp³-hybridized carbons (Fsp3) is 0.133. The van der Waals surface area contributed by atoms with Crippen molar-refractivity contribution in [3.63, 3.8) is 0 Å². The Morgan fingerprint density at radius 1 is 1.10 bits per heavy atom. The van der Waals surface area contributed by atoms with Crippen molar-refractivity contribution in [3.8, 4) is 11.5 Å². The molecule has 20 heavy (non-hydrogen) atoms. The van der Waals surface area contributed by atoms with Gasteiger partial charge >= 0.3 is 0 Å². The van der Waals surface area contributed by atoms with Crippen LogP contribution in [0.4, 0.5) is 4.39 Å². The highest BCUT2D eigenvalue weighted by molar-refractivity contribution is 5.94. The van der Waals surface area contributed by atoms with Crippen molar-refractivity contribution in [2.45, 2.75) is 6.54 Å². The maximum absolute atomic E-state index is 12.8. The summed E-state index contributed by atoms with van der Waals surface area (Å²) in [5, 5.41) is 18.6. The third-order valence-electron chi connectivity index (χ3n) is 2.90. The molecule has 0 heterocycles. The normalized spacial score (nSPS) is 10.3. The molecule has 2 aromatic carbocycles. The van der Waals surface area contributed by atoms with Crippen molar-refractivity contribution < 1.29 is 19.4 Å². The fourth-order valence-corrected chi connectivity index (χ4v) is 1.81. The van der Waals surface area contributed by atoms with E-state index in [1.807, 2.05) is 0 Å². The van der Waals surface area contributed by atoms with Gasteiger partial charge in [0.25, 0.3) is 5.91 Å². The molecule has 0 atom stereocenters. The predicted octanol–water partition coefficient (Wildman–Crippen LogP) is 2.51. The van der Waals surface area contributed by atoms with Crippen LogP contribution in [0.5, 0.6) is 11.5 Å². The van der Waals surface area contributed by atoms with Gasteiger partial charge in [-0.05, 0) is 35.9 Å². The summed E-state index contributed by atoms with van der Waals surface area (Å²) in [5.41, 5.74) is 1.06. The molecule has 0 spiro atoms. The van der Waals surface area contributed by atoms with Crippen molar-refractivity contribution in [2.75, 3.05) is 7.05 Å². The predicted molar refractivity (Wildman–Crippen MR) is 72.0 cm³/mol. The van der Waals surface area contributed by atoms with Gasteiger partial charge < -0.3 is 15.1 Å². The number of carbonyl (C=O) groups is 1. The van der Waals surface area contributed by atoms with Gasteiger partial charge in [-0.15, -0.1) is 0 Å². The minimum absolute atomic E-state index is 0.268. The molecule has 0 bridgehead atoms. The van der Waals surface area contributed by atoms with E-state index in [9.17, 15) is 19.4 Å². The van der Waals surface area contributed by atoms with Crippen LogP contribution in [0.15, 0.2) is 42.5 Å². The number of carbonyl (C=O) groups excluding carboxylic acids is 1. The highest BCUT2D eigenvalue weighted by Crippen LogP contribution is 2.25.